The van der Waals surface area contributed by atoms with Crippen LogP contribution in [0.2, 0.25) is 0 Å². The number of likely N-dealkylation sites (N-methyl/N-ethyl adjacent to an activating group) is 1. The quantitative estimate of drug-likeness (QED) is 0.545. The zero-order valence-electron chi connectivity index (χ0n) is 16.2. The van der Waals surface area contributed by atoms with Gasteiger partial charge in [0.15, 0.2) is 0 Å². The first kappa shape index (κ1) is 20.3. The number of hydrogen-bond acceptors (Lipinski definition) is 3. The van der Waals surface area contributed by atoms with E-state index in [1.165, 1.54) is 12.1 Å². The average molecular weight is 397 g/mol. The molecule has 0 fully saturated rings. The van der Waals surface area contributed by atoms with Crippen LogP contribution in [0.1, 0.15) is 11.3 Å². The molecule has 0 saturated carbocycles. The zero-order valence-corrected chi connectivity index (χ0v) is 16.2. The molecule has 7 nitrogen and oxygen atoms in total. The van der Waals surface area contributed by atoms with Crippen molar-refractivity contribution in [3.8, 4) is 0 Å². The first-order chi connectivity index (χ1) is 14.0. The largest absolute Gasteiger partial charge is 0.361 e. The Morgan fingerprint density at radius 3 is 2.83 bits per heavy atom. The topological polar surface area (TPSA) is 90.1 Å². The van der Waals surface area contributed by atoms with Gasteiger partial charge in [0.25, 0.3) is 0 Å². The fraction of sp³-hybridized carbons (Fsp3) is 0.286. The van der Waals surface area contributed by atoms with Crippen molar-refractivity contribution in [3.05, 3.63) is 65.9 Å². The normalized spacial score (nSPS) is 10.7. The van der Waals surface area contributed by atoms with E-state index in [0.29, 0.717) is 25.9 Å². The van der Waals surface area contributed by atoms with Crippen molar-refractivity contribution in [1.29, 1.82) is 0 Å². The van der Waals surface area contributed by atoms with Gasteiger partial charge in [-0.3, -0.25) is 9.78 Å². The first-order valence-electron chi connectivity index (χ1n) is 9.44. The summed E-state index contributed by atoms with van der Waals surface area (Å²) >= 11 is 0. The SMILES string of the molecule is CN(CCc1ccccn1)C(=O)CNC(=O)NCCc1c[nH]c2ccc(F)cc12. The molecule has 3 N–H and O–H groups in total. The van der Waals surface area contributed by atoms with Crippen molar-refractivity contribution >= 4 is 22.8 Å². The summed E-state index contributed by atoms with van der Waals surface area (Å²) in [6, 6.07) is 9.80. The van der Waals surface area contributed by atoms with Gasteiger partial charge in [-0.1, -0.05) is 6.07 Å². The highest BCUT2D eigenvalue weighted by molar-refractivity contribution is 5.84. The predicted molar refractivity (Wildman–Crippen MR) is 109 cm³/mol. The monoisotopic (exact) mass is 397 g/mol. The number of aromatic nitrogens is 2. The molecule has 152 valence electrons. The number of H-pyrrole nitrogens is 1. The van der Waals surface area contributed by atoms with Gasteiger partial charge < -0.3 is 20.5 Å². The second-order valence-electron chi connectivity index (χ2n) is 6.75. The van der Waals surface area contributed by atoms with Crippen LogP contribution >= 0.6 is 0 Å². The number of pyridine rings is 1. The number of halogens is 1. The smallest absolute Gasteiger partial charge is 0.315 e. The van der Waals surface area contributed by atoms with E-state index in [2.05, 4.69) is 20.6 Å². The first-order valence-corrected chi connectivity index (χ1v) is 9.44. The number of nitrogens with one attached hydrogen (secondary N) is 3. The summed E-state index contributed by atoms with van der Waals surface area (Å²) in [6.45, 7) is 0.818. The molecule has 3 rings (SSSR count). The van der Waals surface area contributed by atoms with Gasteiger partial charge in [0, 0.05) is 55.5 Å². The Bertz CT molecular complexity index is 974. The average Bonchev–Trinajstić information content (AvgIpc) is 3.13. The maximum absolute atomic E-state index is 13.4. The van der Waals surface area contributed by atoms with E-state index < -0.39 is 6.03 Å². The van der Waals surface area contributed by atoms with Crippen molar-refractivity contribution in [2.75, 3.05) is 26.7 Å². The molecule has 0 spiro atoms. The second kappa shape index (κ2) is 9.68. The fourth-order valence-electron chi connectivity index (χ4n) is 2.97. The van der Waals surface area contributed by atoms with E-state index in [1.807, 2.05) is 24.4 Å². The highest BCUT2D eigenvalue weighted by Gasteiger charge is 2.11. The molecule has 3 amide bonds. The summed E-state index contributed by atoms with van der Waals surface area (Å²) in [6.07, 6.45) is 4.73. The van der Waals surface area contributed by atoms with E-state index in [9.17, 15) is 14.0 Å². The number of aromatic amines is 1. The van der Waals surface area contributed by atoms with Crippen LogP contribution in [0.15, 0.2) is 48.8 Å². The zero-order chi connectivity index (χ0) is 20.6. The minimum absolute atomic E-state index is 0.0805. The van der Waals surface area contributed by atoms with E-state index in [1.54, 1.807) is 24.2 Å². The van der Waals surface area contributed by atoms with Gasteiger partial charge in [-0.2, -0.15) is 0 Å². The molecule has 0 aliphatic heterocycles. The molecule has 0 bridgehead atoms. The van der Waals surface area contributed by atoms with Crippen LogP contribution in [0.25, 0.3) is 10.9 Å². The summed E-state index contributed by atoms with van der Waals surface area (Å²) in [5.74, 6) is -0.474. The fourth-order valence-corrected chi connectivity index (χ4v) is 2.97. The van der Waals surface area contributed by atoms with Crippen molar-refractivity contribution in [1.82, 2.24) is 25.5 Å². The third-order valence-electron chi connectivity index (χ3n) is 4.66. The number of rotatable bonds is 8. The number of amides is 3. The summed E-state index contributed by atoms with van der Waals surface area (Å²) in [4.78, 5) is 32.9. The van der Waals surface area contributed by atoms with E-state index in [-0.39, 0.29) is 18.3 Å². The standard InChI is InChI=1S/C21H24FN5O2/c1-27(11-8-17-4-2-3-9-23-17)20(28)14-26-21(29)24-10-7-15-13-25-19-6-5-16(22)12-18(15)19/h2-6,9,12-13,25H,7-8,10-11,14H2,1H3,(H2,24,26,29). The third kappa shape index (κ3) is 5.78. The maximum atomic E-state index is 13.4. The van der Waals surface area contributed by atoms with Crippen molar-refractivity contribution in [2.45, 2.75) is 12.8 Å². The van der Waals surface area contributed by atoms with E-state index in [4.69, 9.17) is 0 Å². The van der Waals surface area contributed by atoms with Crippen molar-refractivity contribution in [3.63, 3.8) is 0 Å². The summed E-state index contributed by atoms with van der Waals surface area (Å²) in [5, 5.41) is 6.08. The highest BCUT2D eigenvalue weighted by atomic mass is 19.1. The molecule has 1 aromatic carbocycles. The molecule has 0 radical (unpaired) electrons. The molecular weight excluding hydrogens is 373 g/mol. The minimum Gasteiger partial charge on any atom is -0.361 e. The summed E-state index contributed by atoms with van der Waals surface area (Å²) < 4.78 is 13.4. The van der Waals surface area contributed by atoms with Crippen LogP contribution < -0.4 is 10.6 Å². The Labute approximate surface area is 168 Å². The van der Waals surface area contributed by atoms with Gasteiger partial charge in [-0.25, -0.2) is 9.18 Å². The van der Waals surface area contributed by atoms with Crippen LogP contribution in [0.5, 0.6) is 0 Å². The number of nitrogens with zero attached hydrogens (tertiary/aromatic N) is 2. The lowest BCUT2D eigenvalue weighted by atomic mass is 10.1. The lowest BCUT2D eigenvalue weighted by molar-refractivity contribution is -0.128. The van der Waals surface area contributed by atoms with Crippen LogP contribution in [-0.4, -0.2) is 53.5 Å². The number of urea groups is 1. The number of benzene rings is 1. The maximum Gasteiger partial charge on any atom is 0.315 e. The molecule has 2 aromatic heterocycles. The number of hydrogen-bond donors (Lipinski definition) is 3. The van der Waals surface area contributed by atoms with E-state index in [0.717, 1.165) is 22.2 Å². The molecule has 0 unspecified atom stereocenters. The Kier molecular flexibility index (Phi) is 6.78. The van der Waals surface area contributed by atoms with Crippen LogP contribution in [0.3, 0.4) is 0 Å². The molecule has 3 aromatic rings. The molecule has 2 heterocycles. The third-order valence-corrected chi connectivity index (χ3v) is 4.66. The molecule has 8 heteroatoms. The number of carbonyl (C=O) groups excluding carboxylic acids is 2. The Balaban J connectivity index is 1.36. The molecule has 0 saturated heterocycles. The molecule has 0 aliphatic rings. The van der Waals surface area contributed by atoms with Gasteiger partial charge in [0.05, 0.1) is 6.54 Å². The van der Waals surface area contributed by atoms with Gasteiger partial charge in [0.1, 0.15) is 5.82 Å². The Morgan fingerprint density at radius 2 is 2.03 bits per heavy atom. The van der Waals surface area contributed by atoms with Crippen LogP contribution in [0, 0.1) is 5.82 Å². The molecule has 0 aliphatic carbocycles. The Hall–Kier alpha value is -3.42. The van der Waals surface area contributed by atoms with Gasteiger partial charge in [-0.15, -0.1) is 0 Å². The number of fused-ring (bicyclic) bond motifs is 1. The second-order valence-corrected chi connectivity index (χ2v) is 6.75. The van der Waals surface area contributed by atoms with Gasteiger partial charge >= 0.3 is 6.03 Å². The van der Waals surface area contributed by atoms with Crippen molar-refractivity contribution < 1.29 is 14.0 Å². The predicted octanol–water partition coefficient (Wildman–Crippen LogP) is 2.24. The van der Waals surface area contributed by atoms with Crippen molar-refractivity contribution in [2.24, 2.45) is 0 Å². The minimum atomic E-state index is -0.414. The van der Waals surface area contributed by atoms with Gasteiger partial charge in [0.2, 0.25) is 5.91 Å². The molecular formula is C21H24FN5O2. The number of carbonyl (C=O) groups is 2. The lowest BCUT2D eigenvalue weighted by Gasteiger charge is -2.17. The molecule has 29 heavy (non-hydrogen) atoms. The summed E-state index contributed by atoms with van der Waals surface area (Å²) in [7, 11) is 1.70. The van der Waals surface area contributed by atoms with Gasteiger partial charge in [-0.05, 0) is 42.3 Å². The summed E-state index contributed by atoms with van der Waals surface area (Å²) in [5.41, 5.74) is 2.69. The Morgan fingerprint density at radius 1 is 1.17 bits per heavy atom. The van der Waals surface area contributed by atoms with Crippen LogP contribution in [0.4, 0.5) is 9.18 Å². The lowest BCUT2D eigenvalue weighted by Crippen LogP contribution is -2.43. The van der Waals surface area contributed by atoms with Crippen LogP contribution in [-0.2, 0) is 17.6 Å². The van der Waals surface area contributed by atoms with E-state index >= 15 is 0 Å². The molecule has 0 atom stereocenters. The highest BCUT2D eigenvalue weighted by Crippen LogP contribution is 2.19.